The summed E-state index contributed by atoms with van der Waals surface area (Å²) in [5.41, 5.74) is 14.5. The number of nitrogen functional groups attached to an aromatic ring is 1. The van der Waals surface area contributed by atoms with Crippen LogP contribution in [0.2, 0.25) is 0 Å². The molecule has 0 aliphatic rings. The van der Waals surface area contributed by atoms with Gasteiger partial charge >= 0.3 is 0 Å². The topological polar surface area (TPSA) is 61.3 Å². The van der Waals surface area contributed by atoms with Crippen molar-refractivity contribution in [3.05, 3.63) is 29.3 Å². The lowest BCUT2D eigenvalue weighted by atomic mass is 10.1. The van der Waals surface area contributed by atoms with Gasteiger partial charge in [0.05, 0.1) is 12.6 Å². The Balaban J connectivity index is 2.84. The first-order valence-corrected chi connectivity index (χ1v) is 4.25. The van der Waals surface area contributed by atoms with E-state index in [4.69, 9.17) is 16.2 Å². The molecular weight excluding hydrogens is 164 g/mol. The van der Waals surface area contributed by atoms with Crippen molar-refractivity contribution in [1.29, 1.82) is 0 Å². The number of hydrogen-bond donors (Lipinski definition) is 2. The van der Waals surface area contributed by atoms with Gasteiger partial charge in [-0.3, -0.25) is 0 Å². The van der Waals surface area contributed by atoms with Crippen LogP contribution in [0.25, 0.3) is 0 Å². The standard InChI is InChI=1S/C10H16N2O/c1-7-3-4-8(5-9(7)11)10(12)6-13-2/h3-5,10H,6,11-12H2,1-2H3. The van der Waals surface area contributed by atoms with Crippen molar-refractivity contribution < 1.29 is 4.74 Å². The average Bonchev–Trinajstić information content (AvgIpc) is 2.10. The molecule has 4 N–H and O–H groups in total. The highest BCUT2D eigenvalue weighted by molar-refractivity contribution is 5.48. The SMILES string of the molecule is COCC(N)c1ccc(C)c(N)c1. The second-order valence-corrected chi connectivity index (χ2v) is 3.18. The Morgan fingerprint density at radius 2 is 2.15 bits per heavy atom. The van der Waals surface area contributed by atoms with Crippen LogP contribution in [-0.2, 0) is 4.74 Å². The average molecular weight is 180 g/mol. The van der Waals surface area contributed by atoms with E-state index in [2.05, 4.69) is 0 Å². The molecule has 3 nitrogen and oxygen atoms in total. The van der Waals surface area contributed by atoms with Crippen LogP contribution in [0.15, 0.2) is 18.2 Å². The van der Waals surface area contributed by atoms with Crippen molar-refractivity contribution in [2.45, 2.75) is 13.0 Å². The van der Waals surface area contributed by atoms with E-state index in [0.29, 0.717) is 6.61 Å². The van der Waals surface area contributed by atoms with Gasteiger partial charge in [0.2, 0.25) is 0 Å². The summed E-state index contributed by atoms with van der Waals surface area (Å²) >= 11 is 0. The molecule has 1 rings (SSSR count). The fraction of sp³-hybridized carbons (Fsp3) is 0.400. The maximum Gasteiger partial charge on any atom is 0.0655 e. The number of methoxy groups -OCH3 is 1. The monoisotopic (exact) mass is 180 g/mol. The molecule has 13 heavy (non-hydrogen) atoms. The zero-order valence-corrected chi connectivity index (χ0v) is 8.08. The lowest BCUT2D eigenvalue weighted by Crippen LogP contribution is -2.16. The first kappa shape index (κ1) is 10.0. The summed E-state index contributed by atoms with van der Waals surface area (Å²) in [5, 5.41) is 0. The Morgan fingerprint density at radius 3 is 2.69 bits per heavy atom. The van der Waals surface area contributed by atoms with E-state index in [-0.39, 0.29) is 6.04 Å². The summed E-state index contributed by atoms with van der Waals surface area (Å²) in [6.07, 6.45) is 0. The van der Waals surface area contributed by atoms with E-state index in [1.54, 1.807) is 7.11 Å². The van der Waals surface area contributed by atoms with Crippen LogP contribution in [0.1, 0.15) is 17.2 Å². The molecule has 0 saturated heterocycles. The summed E-state index contributed by atoms with van der Waals surface area (Å²) in [7, 11) is 1.64. The van der Waals surface area contributed by atoms with Gasteiger partial charge in [-0.05, 0) is 24.1 Å². The molecule has 1 aromatic rings. The normalized spacial score (nSPS) is 12.8. The number of rotatable bonds is 3. The van der Waals surface area contributed by atoms with Gasteiger partial charge in [0.1, 0.15) is 0 Å². The smallest absolute Gasteiger partial charge is 0.0655 e. The molecule has 0 bridgehead atoms. The second kappa shape index (κ2) is 4.25. The Bertz CT molecular complexity index is 286. The Labute approximate surface area is 78.7 Å². The molecule has 0 fully saturated rings. The fourth-order valence-corrected chi connectivity index (χ4v) is 1.17. The van der Waals surface area contributed by atoms with Crippen LogP contribution in [0.4, 0.5) is 5.69 Å². The third kappa shape index (κ3) is 2.44. The van der Waals surface area contributed by atoms with Gasteiger partial charge in [0.15, 0.2) is 0 Å². The highest BCUT2D eigenvalue weighted by atomic mass is 16.5. The van der Waals surface area contributed by atoms with Gasteiger partial charge in [-0.1, -0.05) is 12.1 Å². The molecule has 3 heteroatoms. The number of ether oxygens (including phenoxy) is 1. The van der Waals surface area contributed by atoms with Gasteiger partial charge in [-0.15, -0.1) is 0 Å². The number of hydrogen-bond acceptors (Lipinski definition) is 3. The largest absolute Gasteiger partial charge is 0.399 e. The number of benzene rings is 1. The molecule has 1 atom stereocenters. The highest BCUT2D eigenvalue weighted by Crippen LogP contribution is 2.17. The summed E-state index contributed by atoms with van der Waals surface area (Å²) in [6, 6.07) is 5.77. The van der Waals surface area contributed by atoms with Gasteiger partial charge in [-0.2, -0.15) is 0 Å². The predicted molar refractivity (Wildman–Crippen MR) is 54.4 cm³/mol. The third-order valence-electron chi connectivity index (χ3n) is 2.08. The second-order valence-electron chi connectivity index (χ2n) is 3.18. The summed E-state index contributed by atoms with van der Waals surface area (Å²) < 4.78 is 4.96. The molecule has 1 aromatic carbocycles. The van der Waals surface area contributed by atoms with Crippen LogP contribution >= 0.6 is 0 Å². The van der Waals surface area contributed by atoms with E-state index < -0.39 is 0 Å². The molecular formula is C10H16N2O. The molecule has 0 aliphatic heterocycles. The van der Waals surface area contributed by atoms with E-state index >= 15 is 0 Å². The maximum atomic E-state index is 5.84. The number of aryl methyl sites for hydroxylation is 1. The van der Waals surface area contributed by atoms with Crippen LogP contribution in [-0.4, -0.2) is 13.7 Å². The molecule has 0 saturated carbocycles. The Hall–Kier alpha value is -1.06. The molecule has 72 valence electrons. The van der Waals surface area contributed by atoms with E-state index in [9.17, 15) is 0 Å². The van der Waals surface area contributed by atoms with Crippen molar-refractivity contribution in [2.24, 2.45) is 5.73 Å². The van der Waals surface area contributed by atoms with Gasteiger partial charge in [0.25, 0.3) is 0 Å². The molecule has 1 unspecified atom stereocenters. The van der Waals surface area contributed by atoms with Crippen LogP contribution in [0.5, 0.6) is 0 Å². The minimum absolute atomic E-state index is 0.0899. The molecule has 0 heterocycles. The fourth-order valence-electron chi connectivity index (χ4n) is 1.17. The van der Waals surface area contributed by atoms with Crippen molar-refractivity contribution >= 4 is 5.69 Å². The molecule has 0 amide bonds. The molecule has 0 spiro atoms. The zero-order chi connectivity index (χ0) is 9.84. The van der Waals surface area contributed by atoms with Crippen molar-refractivity contribution in [1.82, 2.24) is 0 Å². The first-order valence-electron chi connectivity index (χ1n) is 4.25. The number of anilines is 1. The van der Waals surface area contributed by atoms with Crippen molar-refractivity contribution in [2.75, 3.05) is 19.5 Å². The summed E-state index contributed by atoms with van der Waals surface area (Å²) in [5.74, 6) is 0. The Kier molecular flexibility index (Phi) is 3.28. The quantitative estimate of drug-likeness (QED) is 0.687. The minimum atomic E-state index is -0.0899. The van der Waals surface area contributed by atoms with E-state index in [1.807, 2.05) is 25.1 Å². The molecule has 0 aliphatic carbocycles. The van der Waals surface area contributed by atoms with E-state index in [0.717, 1.165) is 16.8 Å². The van der Waals surface area contributed by atoms with Gasteiger partial charge in [-0.25, -0.2) is 0 Å². The van der Waals surface area contributed by atoms with Crippen molar-refractivity contribution in [3.8, 4) is 0 Å². The summed E-state index contributed by atoms with van der Waals surface area (Å²) in [6.45, 7) is 2.49. The maximum absolute atomic E-state index is 5.84. The molecule has 0 radical (unpaired) electrons. The highest BCUT2D eigenvalue weighted by Gasteiger charge is 2.05. The third-order valence-corrected chi connectivity index (χ3v) is 2.08. The van der Waals surface area contributed by atoms with Gasteiger partial charge in [0, 0.05) is 12.8 Å². The first-order chi connectivity index (χ1) is 6.15. The molecule has 0 aromatic heterocycles. The summed E-state index contributed by atoms with van der Waals surface area (Å²) in [4.78, 5) is 0. The van der Waals surface area contributed by atoms with Crippen LogP contribution < -0.4 is 11.5 Å². The predicted octanol–water partition coefficient (Wildman–Crippen LogP) is 1.22. The number of nitrogens with two attached hydrogens (primary N) is 2. The van der Waals surface area contributed by atoms with Crippen LogP contribution in [0, 0.1) is 6.92 Å². The minimum Gasteiger partial charge on any atom is -0.399 e. The van der Waals surface area contributed by atoms with Crippen LogP contribution in [0.3, 0.4) is 0 Å². The lowest BCUT2D eigenvalue weighted by molar-refractivity contribution is 0.181. The Morgan fingerprint density at radius 1 is 1.46 bits per heavy atom. The van der Waals surface area contributed by atoms with E-state index in [1.165, 1.54) is 0 Å². The zero-order valence-electron chi connectivity index (χ0n) is 8.08. The van der Waals surface area contributed by atoms with Gasteiger partial charge < -0.3 is 16.2 Å². The van der Waals surface area contributed by atoms with Crippen molar-refractivity contribution in [3.63, 3.8) is 0 Å². The lowest BCUT2D eigenvalue weighted by Gasteiger charge is -2.12.